The molecule has 0 fully saturated rings. The number of benzene rings is 1. The Labute approximate surface area is 123 Å². The van der Waals surface area contributed by atoms with Crippen LogP contribution in [0.2, 0.25) is 0 Å². The lowest BCUT2D eigenvalue weighted by Gasteiger charge is -2.25. The Balaban J connectivity index is 2.46. The number of thiophene rings is 1. The number of rotatable bonds is 6. The zero-order valence-electron chi connectivity index (χ0n) is 11.5. The summed E-state index contributed by atoms with van der Waals surface area (Å²) in [6.45, 7) is 3.13. The van der Waals surface area contributed by atoms with Crippen molar-refractivity contribution < 1.29 is 10.2 Å². The molecular formula is C15H20N2O2S. The Bertz CT molecular complexity index is 563. The van der Waals surface area contributed by atoms with Crippen molar-refractivity contribution in [3.8, 4) is 10.4 Å². The number of hydrogen-bond acceptors (Lipinski definition) is 5. The van der Waals surface area contributed by atoms with E-state index >= 15 is 0 Å². The highest BCUT2D eigenvalue weighted by Gasteiger charge is 2.13. The molecule has 0 aliphatic carbocycles. The van der Waals surface area contributed by atoms with Crippen LogP contribution in [0.25, 0.3) is 10.4 Å². The van der Waals surface area contributed by atoms with E-state index < -0.39 is 0 Å². The normalized spacial score (nSPS) is 10.8. The van der Waals surface area contributed by atoms with E-state index in [-0.39, 0.29) is 13.2 Å². The fourth-order valence-electron chi connectivity index (χ4n) is 2.19. The van der Waals surface area contributed by atoms with Gasteiger partial charge in [-0.05, 0) is 42.1 Å². The average molecular weight is 292 g/mol. The summed E-state index contributed by atoms with van der Waals surface area (Å²) in [5.74, 6) is 0. The first-order valence-corrected chi connectivity index (χ1v) is 7.45. The van der Waals surface area contributed by atoms with Crippen LogP contribution in [0.3, 0.4) is 0 Å². The van der Waals surface area contributed by atoms with Crippen molar-refractivity contribution in [2.75, 3.05) is 36.9 Å². The van der Waals surface area contributed by atoms with E-state index in [9.17, 15) is 10.2 Å². The molecular weight excluding hydrogens is 272 g/mol. The van der Waals surface area contributed by atoms with Crippen molar-refractivity contribution in [2.24, 2.45) is 0 Å². The highest BCUT2D eigenvalue weighted by atomic mass is 32.1. The summed E-state index contributed by atoms with van der Waals surface area (Å²) >= 11 is 1.67. The SMILES string of the molecule is Cc1csc(-c2cc(N)ccc2N(CCO)CCO)c1. The van der Waals surface area contributed by atoms with Gasteiger partial charge in [0.1, 0.15) is 0 Å². The van der Waals surface area contributed by atoms with Gasteiger partial charge in [-0.15, -0.1) is 11.3 Å². The van der Waals surface area contributed by atoms with E-state index in [1.54, 1.807) is 11.3 Å². The zero-order chi connectivity index (χ0) is 14.5. The van der Waals surface area contributed by atoms with E-state index in [4.69, 9.17) is 5.73 Å². The van der Waals surface area contributed by atoms with Crippen molar-refractivity contribution >= 4 is 22.7 Å². The third kappa shape index (κ3) is 3.30. The van der Waals surface area contributed by atoms with Crippen molar-refractivity contribution in [2.45, 2.75) is 6.92 Å². The van der Waals surface area contributed by atoms with Gasteiger partial charge in [0.25, 0.3) is 0 Å². The van der Waals surface area contributed by atoms with Crippen LogP contribution in [0.5, 0.6) is 0 Å². The maximum atomic E-state index is 9.20. The van der Waals surface area contributed by atoms with Crippen LogP contribution in [0.1, 0.15) is 5.56 Å². The van der Waals surface area contributed by atoms with Gasteiger partial charge in [-0.2, -0.15) is 0 Å². The van der Waals surface area contributed by atoms with Crippen molar-refractivity contribution in [3.05, 3.63) is 35.2 Å². The van der Waals surface area contributed by atoms with E-state index in [0.29, 0.717) is 18.8 Å². The maximum Gasteiger partial charge on any atom is 0.0606 e. The van der Waals surface area contributed by atoms with Crippen molar-refractivity contribution in [1.29, 1.82) is 0 Å². The number of aliphatic hydroxyl groups is 2. The molecule has 0 spiro atoms. The quantitative estimate of drug-likeness (QED) is 0.713. The first kappa shape index (κ1) is 14.8. The number of nitrogens with two attached hydrogens (primary N) is 1. The van der Waals surface area contributed by atoms with Crippen LogP contribution in [-0.4, -0.2) is 36.5 Å². The van der Waals surface area contributed by atoms with E-state index in [1.807, 2.05) is 23.1 Å². The molecule has 2 aromatic rings. The summed E-state index contributed by atoms with van der Waals surface area (Å²) in [6, 6.07) is 7.87. The van der Waals surface area contributed by atoms with Crippen LogP contribution < -0.4 is 10.6 Å². The Kier molecular flexibility index (Phi) is 5.00. The lowest BCUT2D eigenvalue weighted by molar-refractivity contribution is 0.281. The van der Waals surface area contributed by atoms with Crippen LogP contribution in [-0.2, 0) is 0 Å². The molecule has 4 nitrogen and oxygen atoms in total. The number of anilines is 2. The second-order valence-electron chi connectivity index (χ2n) is 4.70. The molecule has 0 unspecified atom stereocenters. The molecule has 0 aliphatic rings. The molecule has 0 bridgehead atoms. The fourth-order valence-corrected chi connectivity index (χ4v) is 3.12. The fraction of sp³-hybridized carbons (Fsp3) is 0.333. The standard InChI is InChI=1S/C15H20N2O2S/c1-11-8-15(20-10-11)13-9-12(16)2-3-14(13)17(4-6-18)5-7-19/h2-3,8-10,18-19H,4-7,16H2,1H3. The summed E-state index contributed by atoms with van der Waals surface area (Å²) in [7, 11) is 0. The second-order valence-corrected chi connectivity index (χ2v) is 5.61. The van der Waals surface area contributed by atoms with Gasteiger partial charge in [0.05, 0.1) is 13.2 Å². The number of aliphatic hydroxyl groups excluding tert-OH is 2. The third-order valence-electron chi connectivity index (χ3n) is 3.10. The zero-order valence-corrected chi connectivity index (χ0v) is 12.4. The van der Waals surface area contributed by atoms with Gasteiger partial charge in [0.15, 0.2) is 0 Å². The van der Waals surface area contributed by atoms with Crippen LogP contribution in [0, 0.1) is 6.92 Å². The predicted molar refractivity (Wildman–Crippen MR) is 85.3 cm³/mol. The second kappa shape index (κ2) is 6.74. The Morgan fingerprint density at radius 2 is 1.85 bits per heavy atom. The Morgan fingerprint density at radius 3 is 2.40 bits per heavy atom. The van der Waals surface area contributed by atoms with Crippen molar-refractivity contribution in [3.63, 3.8) is 0 Å². The lowest BCUT2D eigenvalue weighted by atomic mass is 10.1. The summed E-state index contributed by atoms with van der Waals surface area (Å²) < 4.78 is 0. The third-order valence-corrected chi connectivity index (χ3v) is 4.18. The van der Waals surface area contributed by atoms with Crippen LogP contribution >= 0.6 is 11.3 Å². The summed E-state index contributed by atoms with van der Waals surface area (Å²) in [5, 5.41) is 20.5. The maximum absolute atomic E-state index is 9.20. The molecule has 4 N–H and O–H groups in total. The summed E-state index contributed by atoms with van der Waals surface area (Å²) in [4.78, 5) is 3.12. The predicted octanol–water partition coefficient (Wildman–Crippen LogP) is 2.10. The van der Waals surface area contributed by atoms with E-state index in [1.165, 1.54) is 5.56 Å². The van der Waals surface area contributed by atoms with Crippen molar-refractivity contribution in [1.82, 2.24) is 0 Å². The van der Waals surface area contributed by atoms with Gasteiger partial charge in [-0.1, -0.05) is 0 Å². The molecule has 1 heterocycles. The van der Waals surface area contributed by atoms with Gasteiger partial charge in [-0.25, -0.2) is 0 Å². The van der Waals surface area contributed by atoms with Gasteiger partial charge in [0, 0.05) is 34.9 Å². The molecule has 20 heavy (non-hydrogen) atoms. The summed E-state index contributed by atoms with van der Waals surface area (Å²) in [5.41, 5.74) is 9.87. The smallest absolute Gasteiger partial charge is 0.0606 e. The Hall–Kier alpha value is -1.56. The number of hydrogen-bond donors (Lipinski definition) is 3. The minimum absolute atomic E-state index is 0.0489. The molecule has 1 aromatic carbocycles. The van der Waals surface area contributed by atoms with Gasteiger partial charge < -0.3 is 20.8 Å². The average Bonchev–Trinajstić information content (AvgIpc) is 2.85. The molecule has 0 amide bonds. The molecule has 5 heteroatoms. The van der Waals surface area contributed by atoms with Gasteiger partial charge in [0.2, 0.25) is 0 Å². The van der Waals surface area contributed by atoms with Gasteiger partial charge in [-0.3, -0.25) is 0 Å². The van der Waals surface area contributed by atoms with E-state index in [0.717, 1.165) is 16.1 Å². The molecule has 2 rings (SSSR count). The first-order valence-electron chi connectivity index (χ1n) is 6.57. The van der Waals surface area contributed by atoms with Crippen LogP contribution in [0.15, 0.2) is 29.6 Å². The van der Waals surface area contributed by atoms with Crippen LogP contribution in [0.4, 0.5) is 11.4 Å². The summed E-state index contributed by atoms with van der Waals surface area (Å²) in [6.07, 6.45) is 0. The monoisotopic (exact) mass is 292 g/mol. The molecule has 0 saturated carbocycles. The molecule has 1 aromatic heterocycles. The largest absolute Gasteiger partial charge is 0.399 e. The number of nitrogen functional groups attached to an aromatic ring is 1. The highest BCUT2D eigenvalue weighted by Crippen LogP contribution is 2.36. The molecule has 108 valence electrons. The first-order chi connectivity index (χ1) is 9.65. The molecule has 0 saturated heterocycles. The Morgan fingerprint density at radius 1 is 1.15 bits per heavy atom. The topological polar surface area (TPSA) is 69.7 Å². The number of aryl methyl sites for hydroxylation is 1. The van der Waals surface area contributed by atoms with Gasteiger partial charge >= 0.3 is 0 Å². The molecule has 0 aliphatic heterocycles. The minimum atomic E-state index is 0.0489. The van der Waals surface area contributed by atoms with E-state index in [2.05, 4.69) is 18.4 Å². The minimum Gasteiger partial charge on any atom is -0.399 e. The molecule has 0 atom stereocenters. The number of nitrogens with zero attached hydrogens (tertiary/aromatic N) is 1. The molecule has 0 radical (unpaired) electrons. The lowest BCUT2D eigenvalue weighted by Crippen LogP contribution is -2.30. The highest BCUT2D eigenvalue weighted by molar-refractivity contribution is 7.13.